The Balaban J connectivity index is 0.000000166. The van der Waals surface area contributed by atoms with E-state index in [9.17, 15) is 9.59 Å². The zero-order valence-electron chi connectivity index (χ0n) is 16.5. The summed E-state index contributed by atoms with van der Waals surface area (Å²) in [5, 5.41) is 9.10. The van der Waals surface area contributed by atoms with Crippen molar-refractivity contribution in [2.45, 2.75) is 38.0 Å². The van der Waals surface area contributed by atoms with E-state index < -0.39 is 5.97 Å². The predicted octanol–water partition coefficient (Wildman–Crippen LogP) is 6.35. The summed E-state index contributed by atoms with van der Waals surface area (Å²) in [7, 11) is 0. The van der Waals surface area contributed by atoms with Crippen molar-refractivity contribution in [2.24, 2.45) is 0 Å². The number of carbonyl (C=O) groups excluding carboxylic acids is 1. The summed E-state index contributed by atoms with van der Waals surface area (Å²) in [6, 6.07) is 26.0. The van der Waals surface area contributed by atoms with Crippen LogP contribution in [0.2, 0.25) is 0 Å². The van der Waals surface area contributed by atoms with Crippen molar-refractivity contribution in [3.05, 3.63) is 107 Å². The topological polar surface area (TPSA) is 54.4 Å². The molecule has 0 heterocycles. The molecule has 0 atom stereocenters. The van der Waals surface area contributed by atoms with Crippen LogP contribution in [0.5, 0.6) is 0 Å². The van der Waals surface area contributed by atoms with Gasteiger partial charge in [-0.1, -0.05) is 98.1 Å². The largest absolute Gasteiger partial charge is 0.478 e. The number of rotatable bonds is 4. The van der Waals surface area contributed by atoms with E-state index in [1.807, 2.05) is 72.8 Å². The summed E-state index contributed by atoms with van der Waals surface area (Å²) in [6.07, 6.45) is 6.05. The summed E-state index contributed by atoms with van der Waals surface area (Å²) >= 11 is 0. The van der Waals surface area contributed by atoms with Gasteiger partial charge < -0.3 is 5.11 Å². The molecule has 3 aromatic rings. The third-order valence-electron chi connectivity index (χ3n) is 5.31. The zero-order valence-corrected chi connectivity index (χ0v) is 16.5. The van der Waals surface area contributed by atoms with Crippen LogP contribution >= 0.6 is 0 Å². The van der Waals surface area contributed by atoms with Gasteiger partial charge in [-0.15, -0.1) is 0 Å². The Bertz CT molecular complexity index is 885. The van der Waals surface area contributed by atoms with Gasteiger partial charge in [-0.3, -0.25) is 4.79 Å². The molecule has 0 radical (unpaired) electrons. The number of carboxylic acids is 1. The number of carboxylic acid groups (broad SMARTS) is 1. The van der Waals surface area contributed by atoms with E-state index in [-0.39, 0.29) is 5.78 Å². The van der Waals surface area contributed by atoms with E-state index in [0.29, 0.717) is 11.5 Å². The molecule has 0 aromatic heterocycles. The molecule has 29 heavy (non-hydrogen) atoms. The average molecular weight is 386 g/mol. The Morgan fingerprint density at radius 2 is 1.14 bits per heavy atom. The highest BCUT2D eigenvalue weighted by Gasteiger charge is 2.20. The van der Waals surface area contributed by atoms with Crippen LogP contribution in [0.4, 0.5) is 0 Å². The highest BCUT2D eigenvalue weighted by Crippen LogP contribution is 2.34. The normalized spacial score (nSPS) is 13.8. The summed E-state index contributed by atoms with van der Waals surface area (Å²) < 4.78 is 0. The maximum absolute atomic E-state index is 11.8. The Kier molecular flexibility index (Phi) is 7.34. The molecule has 1 aliphatic rings. The first kappa shape index (κ1) is 20.5. The number of ketones is 1. The third kappa shape index (κ3) is 5.64. The second-order valence-corrected chi connectivity index (χ2v) is 7.29. The van der Waals surface area contributed by atoms with Gasteiger partial charge in [0, 0.05) is 11.1 Å². The van der Waals surface area contributed by atoms with Gasteiger partial charge in [-0.25, -0.2) is 4.79 Å². The van der Waals surface area contributed by atoms with E-state index in [4.69, 9.17) is 5.11 Å². The molecular weight excluding hydrogens is 360 g/mol. The van der Waals surface area contributed by atoms with E-state index in [0.717, 1.165) is 29.5 Å². The van der Waals surface area contributed by atoms with Crippen molar-refractivity contribution >= 4 is 11.8 Å². The fraction of sp³-hybridized carbons (Fsp3) is 0.231. The first-order valence-corrected chi connectivity index (χ1v) is 10.1. The average Bonchev–Trinajstić information content (AvgIpc) is 2.81. The Labute approximate surface area is 172 Å². The molecule has 0 unspecified atom stereocenters. The van der Waals surface area contributed by atoms with Crippen LogP contribution in [-0.2, 0) is 0 Å². The smallest absolute Gasteiger partial charge is 0.335 e. The number of hydrogen-bond donors (Lipinski definition) is 1. The molecular formula is C26H26O3. The summed E-state index contributed by atoms with van der Waals surface area (Å²) in [5.74, 6) is -0.256. The number of hydrogen-bond acceptors (Lipinski definition) is 2. The lowest BCUT2D eigenvalue weighted by atomic mass is 9.82. The van der Waals surface area contributed by atoms with Crippen LogP contribution < -0.4 is 0 Å². The fourth-order valence-corrected chi connectivity index (χ4v) is 3.81. The van der Waals surface area contributed by atoms with Crippen molar-refractivity contribution in [1.29, 1.82) is 0 Å². The lowest BCUT2D eigenvalue weighted by molar-refractivity contribution is 0.0694. The third-order valence-corrected chi connectivity index (χ3v) is 5.31. The van der Waals surface area contributed by atoms with Gasteiger partial charge in [-0.2, -0.15) is 0 Å². The zero-order chi connectivity index (χ0) is 20.5. The molecule has 4 rings (SSSR count). The maximum Gasteiger partial charge on any atom is 0.335 e. The summed E-state index contributed by atoms with van der Waals surface area (Å²) in [5.41, 5.74) is 2.99. The van der Waals surface area contributed by atoms with E-state index in [2.05, 4.69) is 0 Å². The molecule has 3 nitrogen and oxygen atoms in total. The van der Waals surface area contributed by atoms with Crippen LogP contribution in [0.15, 0.2) is 84.9 Å². The second-order valence-electron chi connectivity index (χ2n) is 7.29. The summed E-state index contributed by atoms with van der Waals surface area (Å²) in [6.45, 7) is 0. The number of aromatic carboxylic acids is 1. The SMILES string of the molecule is O=C(O)c1ccccc1C1CCCCC1.O=C(c1ccccc1)c1ccccc1. The second kappa shape index (κ2) is 10.4. The van der Waals surface area contributed by atoms with Gasteiger partial charge >= 0.3 is 5.97 Å². The van der Waals surface area contributed by atoms with Gasteiger partial charge in [0.1, 0.15) is 0 Å². The van der Waals surface area contributed by atoms with E-state index in [1.165, 1.54) is 19.3 Å². The van der Waals surface area contributed by atoms with Crippen LogP contribution in [0.25, 0.3) is 0 Å². The van der Waals surface area contributed by atoms with Crippen molar-refractivity contribution in [3.63, 3.8) is 0 Å². The molecule has 1 saturated carbocycles. The Morgan fingerprint density at radius 3 is 1.66 bits per heavy atom. The minimum atomic E-state index is -0.795. The molecule has 1 aliphatic carbocycles. The molecule has 0 aliphatic heterocycles. The van der Waals surface area contributed by atoms with Crippen molar-refractivity contribution in [3.8, 4) is 0 Å². The highest BCUT2D eigenvalue weighted by molar-refractivity contribution is 6.08. The van der Waals surface area contributed by atoms with Gasteiger partial charge in [0.15, 0.2) is 5.78 Å². The molecule has 1 N–H and O–H groups in total. The number of carbonyl (C=O) groups is 2. The van der Waals surface area contributed by atoms with Crippen molar-refractivity contribution < 1.29 is 14.7 Å². The van der Waals surface area contributed by atoms with Gasteiger partial charge in [0.2, 0.25) is 0 Å². The highest BCUT2D eigenvalue weighted by atomic mass is 16.4. The molecule has 0 amide bonds. The van der Waals surface area contributed by atoms with E-state index >= 15 is 0 Å². The molecule has 0 bridgehead atoms. The molecule has 148 valence electrons. The van der Waals surface area contributed by atoms with Crippen LogP contribution in [-0.4, -0.2) is 16.9 Å². The Morgan fingerprint density at radius 1 is 0.655 bits per heavy atom. The predicted molar refractivity (Wildman–Crippen MR) is 116 cm³/mol. The first-order chi connectivity index (χ1) is 14.2. The molecule has 0 saturated heterocycles. The standard InChI is InChI=1S/C13H16O2.C13H10O/c14-13(15)12-9-5-4-8-11(12)10-6-2-1-3-7-10;14-13(11-7-3-1-4-8-11)12-9-5-2-6-10-12/h4-5,8-10H,1-3,6-7H2,(H,14,15);1-10H. The van der Waals surface area contributed by atoms with E-state index in [1.54, 1.807) is 12.1 Å². The molecule has 0 spiro atoms. The monoisotopic (exact) mass is 386 g/mol. The lowest BCUT2D eigenvalue weighted by Gasteiger charge is -2.23. The van der Waals surface area contributed by atoms with Gasteiger partial charge in [0.25, 0.3) is 0 Å². The van der Waals surface area contributed by atoms with Crippen molar-refractivity contribution in [2.75, 3.05) is 0 Å². The van der Waals surface area contributed by atoms with Crippen molar-refractivity contribution in [1.82, 2.24) is 0 Å². The first-order valence-electron chi connectivity index (χ1n) is 10.1. The lowest BCUT2D eigenvalue weighted by Crippen LogP contribution is -2.10. The Hall–Kier alpha value is -3.20. The minimum Gasteiger partial charge on any atom is -0.478 e. The van der Waals surface area contributed by atoms with Crippen LogP contribution in [0.3, 0.4) is 0 Å². The maximum atomic E-state index is 11.8. The van der Waals surface area contributed by atoms with Crippen LogP contribution in [0.1, 0.15) is 69.9 Å². The van der Waals surface area contributed by atoms with Gasteiger partial charge in [0.05, 0.1) is 5.56 Å². The van der Waals surface area contributed by atoms with Gasteiger partial charge in [-0.05, 0) is 30.4 Å². The number of benzene rings is 3. The quantitative estimate of drug-likeness (QED) is 0.532. The molecule has 3 aromatic carbocycles. The molecule has 1 fully saturated rings. The van der Waals surface area contributed by atoms with Crippen LogP contribution in [0, 0.1) is 0 Å². The fourth-order valence-electron chi connectivity index (χ4n) is 3.81. The minimum absolute atomic E-state index is 0.0752. The summed E-state index contributed by atoms with van der Waals surface area (Å²) in [4.78, 5) is 22.9. The molecule has 3 heteroatoms.